The molecule has 1 N–H and O–H groups in total. The lowest BCUT2D eigenvalue weighted by atomic mass is 10.2. The first-order valence-electron chi connectivity index (χ1n) is 5.61. The molecule has 18 heavy (non-hydrogen) atoms. The van der Waals surface area contributed by atoms with Gasteiger partial charge in [-0.3, -0.25) is 0 Å². The molecule has 0 radical (unpaired) electrons. The van der Waals surface area contributed by atoms with Crippen molar-refractivity contribution < 1.29 is 13.2 Å². The number of aryl methyl sites for hydroxylation is 1. The van der Waals surface area contributed by atoms with Gasteiger partial charge in [0, 0.05) is 6.42 Å². The van der Waals surface area contributed by atoms with Crippen LogP contribution in [0.4, 0.5) is 8.78 Å². The van der Waals surface area contributed by atoms with Crippen LogP contribution in [0.2, 0.25) is 0 Å². The van der Waals surface area contributed by atoms with E-state index in [1.54, 1.807) is 12.3 Å². The van der Waals surface area contributed by atoms with Crippen LogP contribution in [0.15, 0.2) is 28.9 Å². The quantitative estimate of drug-likeness (QED) is 0.751. The van der Waals surface area contributed by atoms with Crippen molar-refractivity contribution in [3.05, 3.63) is 41.9 Å². The lowest BCUT2D eigenvalue weighted by Gasteiger charge is -1.94. The summed E-state index contributed by atoms with van der Waals surface area (Å²) in [6.45, 7) is 1.95. The Kier molecular flexibility index (Phi) is 2.40. The van der Waals surface area contributed by atoms with Gasteiger partial charge in [-0.15, -0.1) is 0 Å². The van der Waals surface area contributed by atoms with E-state index in [4.69, 9.17) is 4.42 Å². The van der Waals surface area contributed by atoms with Crippen LogP contribution < -0.4 is 0 Å². The molecular weight excluding hydrogens is 238 g/mol. The maximum absolute atomic E-state index is 13.6. The molecule has 0 unspecified atom stereocenters. The molecule has 92 valence electrons. The molecule has 0 aliphatic rings. The molecule has 5 heteroatoms. The Balaban J connectivity index is 2.23. The largest absolute Gasteiger partial charge is 0.469 e. The lowest BCUT2D eigenvalue weighted by molar-refractivity contribution is 0.515. The fraction of sp³-hybridized carbons (Fsp3) is 0.154. The Morgan fingerprint density at radius 2 is 2.11 bits per heavy atom. The third-order valence-electron chi connectivity index (χ3n) is 2.87. The zero-order chi connectivity index (χ0) is 12.7. The molecule has 0 spiro atoms. The van der Waals surface area contributed by atoms with E-state index < -0.39 is 11.6 Å². The summed E-state index contributed by atoms with van der Waals surface area (Å²) < 4.78 is 31.9. The van der Waals surface area contributed by atoms with E-state index in [1.807, 2.05) is 6.92 Å². The minimum absolute atomic E-state index is 0.00764. The molecule has 2 aromatic heterocycles. The zero-order valence-corrected chi connectivity index (χ0v) is 9.63. The predicted molar refractivity (Wildman–Crippen MR) is 63.1 cm³/mol. The Hall–Kier alpha value is -2.17. The van der Waals surface area contributed by atoms with E-state index in [-0.39, 0.29) is 5.52 Å². The van der Waals surface area contributed by atoms with Gasteiger partial charge in [0.1, 0.15) is 17.1 Å². The Morgan fingerprint density at radius 3 is 2.89 bits per heavy atom. The normalized spacial score (nSPS) is 11.3. The van der Waals surface area contributed by atoms with Crippen molar-refractivity contribution in [1.82, 2.24) is 9.97 Å². The second-order valence-corrected chi connectivity index (χ2v) is 3.95. The molecular formula is C13H10F2N2O. The number of nitrogens with zero attached hydrogens (tertiary/aromatic N) is 1. The number of imidazole rings is 1. The van der Waals surface area contributed by atoms with Crippen LogP contribution in [0.25, 0.3) is 22.4 Å². The highest BCUT2D eigenvalue weighted by atomic mass is 19.2. The molecule has 3 aromatic rings. The minimum Gasteiger partial charge on any atom is -0.469 e. The summed E-state index contributed by atoms with van der Waals surface area (Å²) in [5.41, 5.74) is 1.24. The summed E-state index contributed by atoms with van der Waals surface area (Å²) in [7, 11) is 0. The number of hydrogen-bond acceptors (Lipinski definition) is 2. The van der Waals surface area contributed by atoms with Gasteiger partial charge in [0.05, 0.1) is 17.3 Å². The molecule has 1 aromatic carbocycles. The number of benzene rings is 1. The first-order chi connectivity index (χ1) is 8.70. The molecule has 3 nitrogen and oxygen atoms in total. The van der Waals surface area contributed by atoms with E-state index in [1.165, 1.54) is 6.07 Å². The summed E-state index contributed by atoms with van der Waals surface area (Å²) in [6.07, 6.45) is 2.26. The van der Waals surface area contributed by atoms with Gasteiger partial charge < -0.3 is 9.40 Å². The van der Waals surface area contributed by atoms with Gasteiger partial charge in [-0.05, 0) is 18.2 Å². The monoisotopic (exact) mass is 248 g/mol. The Morgan fingerprint density at radius 1 is 1.28 bits per heavy atom. The van der Waals surface area contributed by atoms with Crippen molar-refractivity contribution >= 4 is 11.0 Å². The third kappa shape index (κ3) is 1.51. The first kappa shape index (κ1) is 11.0. The predicted octanol–water partition coefficient (Wildman–Crippen LogP) is 3.66. The van der Waals surface area contributed by atoms with Crippen molar-refractivity contribution in [2.45, 2.75) is 13.3 Å². The third-order valence-corrected chi connectivity index (χ3v) is 2.87. The summed E-state index contributed by atoms with van der Waals surface area (Å²) >= 11 is 0. The standard InChI is InChI=1S/C13H10F2N2O/c1-2-10-7(5-6-18-10)13-16-9-4-3-8(14)11(15)12(9)17-13/h3-6H,2H2,1H3,(H,16,17). The fourth-order valence-electron chi connectivity index (χ4n) is 1.97. The highest BCUT2D eigenvalue weighted by Gasteiger charge is 2.15. The van der Waals surface area contributed by atoms with Crippen LogP contribution in [0.1, 0.15) is 12.7 Å². The van der Waals surface area contributed by atoms with E-state index in [0.717, 1.165) is 17.4 Å². The van der Waals surface area contributed by atoms with Crippen LogP contribution in [0, 0.1) is 11.6 Å². The van der Waals surface area contributed by atoms with E-state index in [2.05, 4.69) is 9.97 Å². The highest BCUT2D eigenvalue weighted by Crippen LogP contribution is 2.26. The maximum Gasteiger partial charge on any atom is 0.186 e. The number of hydrogen-bond donors (Lipinski definition) is 1. The van der Waals surface area contributed by atoms with Crippen molar-refractivity contribution in [2.24, 2.45) is 0 Å². The number of aromatic amines is 1. The number of H-pyrrole nitrogens is 1. The lowest BCUT2D eigenvalue weighted by Crippen LogP contribution is -1.85. The molecule has 0 saturated heterocycles. The van der Waals surface area contributed by atoms with Gasteiger partial charge in [0.25, 0.3) is 0 Å². The molecule has 3 rings (SSSR count). The number of aromatic nitrogens is 2. The van der Waals surface area contributed by atoms with Crippen molar-refractivity contribution in [3.8, 4) is 11.4 Å². The van der Waals surface area contributed by atoms with Gasteiger partial charge in [-0.25, -0.2) is 13.8 Å². The number of halogens is 2. The van der Waals surface area contributed by atoms with E-state index in [9.17, 15) is 8.78 Å². The first-order valence-corrected chi connectivity index (χ1v) is 5.61. The summed E-state index contributed by atoms with van der Waals surface area (Å²) in [5.74, 6) is -0.588. The van der Waals surface area contributed by atoms with Gasteiger partial charge in [-0.1, -0.05) is 6.92 Å². The average molecular weight is 248 g/mol. The maximum atomic E-state index is 13.6. The molecule has 2 heterocycles. The topological polar surface area (TPSA) is 41.8 Å². The molecule has 0 aliphatic carbocycles. The minimum atomic E-state index is -0.934. The summed E-state index contributed by atoms with van der Waals surface area (Å²) in [6, 6.07) is 4.30. The molecule has 0 saturated carbocycles. The van der Waals surface area contributed by atoms with Gasteiger partial charge in [0.2, 0.25) is 0 Å². The molecule has 0 amide bonds. The fourth-order valence-corrected chi connectivity index (χ4v) is 1.97. The van der Waals surface area contributed by atoms with E-state index in [0.29, 0.717) is 17.8 Å². The number of nitrogens with one attached hydrogen (secondary N) is 1. The van der Waals surface area contributed by atoms with Crippen molar-refractivity contribution in [2.75, 3.05) is 0 Å². The van der Waals surface area contributed by atoms with Gasteiger partial charge >= 0.3 is 0 Å². The van der Waals surface area contributed by atoms with Gasteiger partial charge in [-0.2, -0.15) is 0 Å². The zero-order valence-electron chi connectivity index (χ0n) is 9.63. The number of fused-ring (bicyclic) bond motifs is 1. The van der Waals surface area contributed by atoms with Crippen LogP contribution in [0.5, 0.6) is 0 Å². The second kappa shape index (κ2) is 3.94. The number of furan rings is 1. The molecule has 0 bridgehead atoms. The number of rotatable bonds is 2. The SMILES string of the molecule is CCc1occc1-c1nc2c(F)c(F)ccc2[nH]1. The van der Waals surface area contributed by atoms with E-state index >= 15 is 0 Å². The van der Waals surface area contributed by atoms with Crippen molar-refractivity contribution in [1.29, 1.82) is 0 Å². The summed E-state index contributed by atoms with van der Waals surface area (Å²) in [5, 5.41) is 0. The second-order valence-electron chi connectivity index (χ2n) is 3.95. The smallest absolute Gasteiger partial charge is 0.186 e. The molecule has 0 fully saturated rings. The Bertz CT molecular complexity index is 715. The molecule has 0 atom stereocenters. The van der Waals surface area contributed by atoms with Crippen LogP contribution in [-0.2, 0) is 6.42 Å². The Labute approximate surface area is 101 Å². The highest BCUT2D eigenvalue weighted by molar-refractivity contribution is 5.80. The van der Waals surface area contributed by atoms with Gasteiger partial charge in [0.15, 0.2) is 11.6 Å². The van der Waals surface area contributed by atoms with Crippen molar-refractivity contribution in [3.63, 3.8) is 0 Å². The average Bonchev–Trinajstić information content (AvgIpc) is 2.99. The van der Waals surface area contributed by atoms with Crippen LogP contribution >= 0.6 is 0 Å². The van der Waals surface area contributed by atoms with Crippen LogP contribution in [-0.4, -0.2) is 9.97 Å². The summed E-state index contributed by atoms with van der Waals surface area (Å²) in [4.78, 5) is 7.06. The van der Waals surface area contributed by atoms with Crippen LogP contribution in [0.3, 0.4) is 0 Å². The molecule has 0 aliphatic heterocycles.